The summed E-state index contributed by atoms with van der Waals surface area (Å²) in [4.78, 5) is 17.3. The van der Waals surface area contributed by atoms with Gasteiger partial charge in [0.15, 0.2) is 5.82 Å². The highest BCUT2D eigenvalue weighted by Gasteiger charge is 2.18. The quantitative estimate of drug-likeness (QED) is 0.445. The van der Waals surface area contributed by atoms with Crippen LogP contribution in [0.1, 0.15) is 22.3 Å². The molecule has 8 nitrogen and oxygen atoms in total. The third kappa shape index (κ3) is 5.12. The third-order valence-electron chi connectivity index (χ3n) is 4.68. The molecule has 31 heavy (non-hydrogen) atoms. The molecule has 1 aliphatic rings. The Bertz CT molecular complexity index is 1140. The minimum Gasteiger partial charge on any atom is -0.379 e. The largest absolute Gasteiger partial charge is 0.379 e. The van der Waals surface area contributed by atoms with Crippen LogP contribution in [0.4, 0.5) is 10.2 Å². The zero-order valence-electron chi connectivity index (χ0n) is 16.4. The summed E-state index contributed by atoms with van der Waals surface area (Å²) in [6.07, 6.45) is 0.742. The molecule has 1 atom stereocenters. The van der Waals surface area contributed by atoms with Gasteiger partial charge in [0, 0.05) is 18.2 Å². The number of halogens is 1. The lowest BCUT2D eigenvalue weighted by Gasteiger charge is -2.12. The normalized spacial score (nSPS) is 16.0. The first-order chi connectivity index (χ1) is 15.1. The van der Waals surface area contributed by atoms with Gasteiger partial charge in [-0.3, -0.25) is 15.2 Å². The van der Waals surface area contributed by atoms with E-state index >= 15 is 0 Å². The lowest BCUT2D eigenvalue weighted by Crippen LogP contribution is -2.37. The molecule has 1 saturated heterocycles. The number of carbonyl (C=O) groups excluding carboxylic acids is 1. The van der Waals surface area contributed by atoms with E-state index in [0.717, 1.165) is 12.0 Å². The van der Waals surface area contributed by atoms with Crippen LogP contribution in [-0.4, -0.2) is 41.3 Å². The van der Waals surface area contributed by atoms with Gasteiger partial charge in [-0.1, -0.05) is 6.07 Å². The lowest BCUT2D eigenvalue weighted by molar-refractivity contribution is 0.0976. The molecular formula is C22H19FN6O2. The number of nitrogens with one attached hydrogen (secondary N) is 3. The number of rotatable bonds is 4. The van der Waals surface area contributed by atoms with E-state index in [9.17, 15) is 9.18 Å². The van der Waals surface area contributed by atoms with Crippen LogP contribution in [0.25, 0.3) is 11.3 Å². The first kappa shape index (κ1) is 20.3. The number of aromatic amines is 1. The number of amides is 1. The van der Waals surface area contributed by atoms with Gasteiger partial charge in [-0.2, -0.15) is 10.4 Å². The smallest absolute Gasteiger partial charge is 0.258 e. The monoisotopic (exact) mass is 418 g/mol. The number of hydrogen-bond acceptors (Lipinski definition) is 5. The Labute approximate surface area is 177 Å². The molecule has 156 valence electrons. The highest BCUT2D eigenvalue weighted by Crippen LogP contribution is 2.20. The van der Waals surface area contributed by atoms with E-state index in [1.807, 2.05) is 6.07 Å². The Balaban J connectivity index is 1.53. The molecule has 0 radical (unpaired) electrons. The average Bonchev–Trinajstić information content (AvgIpc) is 3.46. The molecule has 4 rings (SSSR count). The maximum absolute atomic E-state index is 13.2. The van der Waals surface area contributed by atoms with Gasteiger partial charge in [-0.15, -0.1) is 0 Å². The topological polar surface area (TPSA) is 115 Å². The Morgan fingerprint density at radius 3 is 2.84 bits per heavy atom. The molecule has 2 heterocycles. The zero-order chi connectivity index (χ0) is 21.6. The molecule has 0 unspecified atom stereocenters. The van der Waals surface area contributed by atoms with E-state index < -0.39 is 5.91 Å². The summed E-state index contributed by atoms with van der Waals surface area (Å²) in [5.41, 5.74) is 2.17. The number of nitriles is 1. The fraction of sp³-hybridized carbons (Fsp3) is 0.182. The minimum absolute atomic E-state index is 0.0937. The second kappa shape index (κ2) is 9.19. The zero-order valence-corrected chi connectivity index (χ0v) is 16.4. The van der Waals surface area contributed by atoms with E-state index in [0.29, 0.717) is 35.9 Å². The summed E-state index contributed by atoms with van der Waals surface area (Å²) in [6, 6.07) is 16.1. The van der Waals surface area contributed by atoms with Gasteiger partial charge < -0.3 is 10.1 Å². The van der Waals surface area contributed by atoms with Crippen LogP contribution in [0, 0.1) is 17.1 Å². The Kier molecular flexibility index (Phi) is 6.01. The number of nitrogens with zero attached hydrogens (tertiary/aromatic N) is 3. The van der Waals surface area contributed by atoms with E-state index in [-0.39, 0.29) is 17.8 Å². The number of carbonyl (C=O) groups is 1. The van der Waals surface area contributed by atoms with Crippen LogP contribution in [-0.2, 0) is 4.74 Å². The molecule has 1 fully saturated rings. The number of hydrogen-bond donors (Lipinski definition) is 3. The molecule has 1 amide bonds. The number of aliphatic imine (C=N–C) groups is 1. The van der Waals surface area contributed by atoms with Crippen molar-refractivity contribution in [2.24, 2.45) is 4.99 Å². The molecule has 9 heteroatoms. The fourth-order valence-corrected chi connectivity index (χ4v) is 3.10. The minimum atomic E-state index is -0.406. The predicted octanol–water partition coefficient (Wildman–Crippen LogP) is 3.07. The molecule has 1 aliphatic heterocycles. The second-order valence-electron chi connectivity index (χ2n) is 6.94. The summed E-state index contributed by atoms with van der Waals surface area (Å²) in [5, 5.41) is 21.9. The molecule has 0 saturated carbocycles. The van der Waals surface area contributed by atoms with Crippen molar-refractivity contribution in [1.82, 2.24) is 15.5 Å². The number of anilines is 1. The number of aromatic nitrogens is 2. The van der Waals surface area contributed by atoms with E-state index in [1.165, 1.54) is 18.2 Å². The first-order valence-corrected chi connectivity index (χ1v) is 9.66. The van der Waals surface area contributed by atoms with Crippen LogP contribution >= 0.6 is 0 Å². The van der Waals surface area contributed by atoms with Crippen molar-refractivity contribution in [2.75, 3.05) is 18.5 Å². The Morgan fingerprint density at radius 2 is 2.10 bits per heavy atom. The van der Waals surface area contributed by atoms with Crippen LogP contribution < -0.4 is 10.6 Å². The van der Waals surface area contributed by atoms with Crippen molar-refractivity contribution < 1.29 is 13.9 Å². The number of H-pyrrole nitrogens is 1. The highest BCUT2D eigenvalue weighted by molar-refractivity contribution is 6.10. The molecular weight excluding hydrogens is 399 g/mol. The molecule has 0 bridgehead atoms. The van der Waals surface area contributed by atoms with Crippen LogP contribution in [0.2, 0.25) is 0 Å². The molecule has 0 spiro atoms. The third-order valence-corrected chi connectivity index (χ3v) is 4.68. The molecule has 3 aromatic rings. The second-order valence-corrected chi connectivity index (χ2v) is 6.94. The van der Waals surface area contributed by atoms with E-state index in [2.05, 4.69) is 25.8 Å². The summed E-state index contributed by atoms with van der Waals surface area (Å²) in [7, 11) is 0. The van der Waals surface area contributed by atoms with Gasteiger partial charge in [-0.25, -0.2) is 9.38 Å². The summed E-state index contributed by atoms with van der Waals surface area (Å²) >= 11 is 0. The first-order valence-electron chi connectivity index (χ1n) is 9.66. The Morgan fingerprint density at radius 1 is 1.26 bits per heavy atom. The highest BCUT2D eigenvalue weighted by atomic mass is 19.1. The van der Waals surface area contributed by atoms with Crippen molar-refractivity contribution in [3.05, 3.63) is 71.5 Å². The lowest BCUT2D eigenvalue weighted by atomic mass is 10.1. The van der Waals surface area contributed by atoms with Crippen LogP contribution in [0.15, 0.2) is 59.6 Å². The summed E-state index contributed by atoms with van der Waals surface area (Å²) in [6.45, 7) is 1.07. The standard InChI is InChI=1S/C22H19FN6O2/c23-17-6-4-15(5-7-17)19-11-20(29-28-19)26-22(25-18-8-9-31-13-18)27-21(30)16-3-1-2-14(10-16)12-24/h1-7,10-11,18H,8-9,13H2,(H3,25,26,27,28,29,30)/t18-/m1/s1. The number of guanidine groups is 1. The summed E-state index contributed by atoms with van der Waals surface area (Å²) in [5.74, 6) is -0.0716. The van der Waals surface area contributed by atoms with Crippen molar-refractivity contribution in [3.8, 4) is 17.3 Å². The predicted molar refractivity (Wildman–Crippen MR) is 113 cm³/mol. The van der Waals surface area contributed by atoms with Gasteiger partial charge in [0.25, 0.3) is 5.91 Å². The number of ether oxygens (including phenoxy) is 1. The Hall–Kier alpha value is -4.03. The fourth-order valence-electron chi connectivity index (χ4n) is 3.10. The molecule has 2 aromatic carbocycles. The number of benzene rings is 2. The van der Waals surface area contributed by atoms with Crippen LogP contribution in [0.5, 0.6) is 0 Å². The van der Waals surface area contributed by atoms with Crippen molar-refractivity contribution in [1.29, 1.82) is 5.26 Å². The van der Waals surface area contributed by atoms with Crippen molar-refractivity contribution in [3.63, 3.8) is 0 Å². The average molecular weight is 418 g/mol. The van der Waals surface area contributed by atoms with Gasteiger partial charge in [0.05, 0.1) is 30.0 Å². The van der Waals surface area contributed by atoms with Gasteiger partial charge in [0.1, 0.15) is 5.82 Å². The molecule has 0 aliphatic carbocycles. The van der Waals surface area contributed by atoms with E-state index in [1.54, 1.807) is 36.4 Å². The van der Waals surface area contributed by atoms with Gasteiger partial charge >= 0.3 is 0 Å². The SMILES string of the molecule is N#Cc1cccc(C(=O)NC(=N[C@@H]2CCOC2)Nc2cc(-c3ccc(F)cc3)[nH]n2)c1. The molecule has 1 aromatic heterocycles. The molecule has 3 N–H and O–H groups in total. The van der Waals surface area contributed by atoms with Crippen molar-refractivity contribution >= 4 is 17.7 Å². The van der Waals surface area contributed by atoms with Crippen LogP contribution in [0.3, 0.4) is 0 Å². The van der Waals surface area contributed by atoms with Gasteiger partial charge in [0.2, 0.25) is 5.96 Å². The van der Waals surface area contributed by atoms with E-state index in [4.69, 9.17) is 10.00 Å². The maximum Gasteiger partial charge on any atom is 0.258 e. The summed E-state index contributed by atoms with van der Waals surface area (Å²) < 4.78 is 18.5. The maximum atomic E-state index is 13.2. The van der Waals surface area contributed by atoms with Gasteiger partial charge in [-0.05, 0) is 54.4 Å². The van der Waals surface area contributed by atoms with Crippen molar-refractivity contribution in [2.45, 2.75) is 12.5 Å².